The lowest BCUT2D eigenvalue weighted by molar-refractivity contribution is -0.147. The average Bonchev–Trinajstić information content (AvgIpc) is 3.12. The molecule has 2 saturated heterocycles. The molecule has 0 unspecified atom stereocenters. The number of piperazine rings is 1. The van der Waals surface area contributed by atoms with Gasteiger partial charge in [0.1, 0.15) is 12.1 Å². The molecule has 4 rings (SSSR count). The van der Waals surface area contributed by atoms with E-state index < -0.39 is 12.1 Å². The maximum atomic E-state index is 12.9. The first-order valence-corrected chi connectivity index (χ1v) is 10.3. The fraction of sp³-hybridized carbons (Fsp3) is 0.571. The Labute approximate surface area is 165 Å². The highest BCUT2D eigenvalue weighted by molar-refractivity contribution is 5.98. The van der Waals surface area contributed by atoms with Gasteiger partial charge in [0.25, 0.3) is 0 Å². The summed E-state index contributed by atoms with van der Waals surface area (Å²) in [6, 6.07) is 8.17. The van der Waals surface area contributed by atoms with Crippen molar-refractivity contribution in [1.29, 1.82) is 0 Å². The minimum Gasteiger partial charge on any atom is -0.342 e. The van der Waals surface area contributed by atoms with Crippen LogP contribution in [-0.4, -0.2) is 53.5 Å². The third-order valence-electron chi connectivity index (χ3n) is 6.10. The Bertz CT molecular complexity index is 732. The zero-order valence-electron chi connectivity index (χ0n) is 16.0. The third kappa shape index (κ3) is 3.98. The van der Waals surface area contributed by atoms with Crippen LogP contribution in [0.2, 0.25) is 0 Å². The number of nitrogens with one attached hydrogen (secondary N) is 3. The van der Waals surface area contributed by atoms with Crippen molar-refractivity contribution in [3.8, 4) is 0 Å². The Balaban J connectivity index is 1.36. The zero-order chi connectivity index (χ0) is 19.5. The van der Waals surface area contributed by atoms with Gasteiger partial charge in [-0.05, 0) is 24.8 Å². The second-order valence-corrected chi connectivity index (χ2v) is 8.08. The van der Waals surface area contributed by atoms with E-state index >= 15 is 0 Å². The van der Waals surface area contributed by atoms with Crippen LogP contribution in [0.15, 0.2) is 30.3 Å². The van der Waals surface area contributed by atoms with E-state index in [1.807, 2.05) is 30.3 Å². The largest absolute Gasteiger partial charge is 0.342 e. The fourth-order valence-electron chi connectivity index (χ4n) is 4.66. The molecule has 2 aliphatic heterocycles. The Morgan fingerprint density at radius 2 is 1.79 bits per heavy atom. The summed E-state index contributed by atoms with van der Waals surface area (Å²) in [5.41, 5.74) is 1.01. The molecule has 0 bridgehead atoms. The Morgan fingerprint density at radius 1 is 1.04 bits per heavy atom. The lowest BCUT2D eigenvalue weighted by Crippen LogP contribution is -2.65. The SMILES string of the molecule is O=C(NC1CCCCC1)N[C@H]1CCN2C(=O)[C@@H](Cc3ccccc3)NC(=O)[C@H]12. The Hall–Kier alpha value is -2.57. The number of fused-ring (bicyclic) bond motifs is 1. The number of amides is 4. The minimum atomic E-state index is -0.614. The molecule has 3 N–H and O–H groups in total. The summed E-state index contributed by atoms with van der Waals surface area (Å²) in [4.78, 5) is 39.6. The molecule has 150 valence electrons. The lowest BCUT2D eigenvalue weighted by atomic mass is 9.96. The van der Waals surface area contributed by atoms with Crippen LogP contribution in [0.25, 0.3) is 0 Å². The van der Waals surface area contributed by atoms with Gasteiger partial charge < -0.3 is 20.9 Å². The summed E-state index contributed by atoms with van der Waals surface area (Å²) in [6.07, 6.45) is 6.61. The maximum absolute atomic E-state index is 12.9. The summed E-state index contributed by atoms with van der Waals surface area (Å²) in [6.45, 7) is 0.497. The van der Waals surface area contributed by atoms with E-state index in [9.17, 15) is 14.4 Å². The van der Waals surface area contributed by atoms with Gasteiger partial charge in [0, 0.05) is 19.0 Å². The van der Waals surface area contributed by atoms with Crippen molar-refractivity contribution in [2.75, 3.05) is 6.54 Å². The molecule has 2 heterocycles. The second kappa shape index (κ2) is 8.20. The van der Waals surface area contributed by atoms with Crippen LogP contribution in [0.3, 0.4) is 0 Å². The van der Waals surface area contributed by atoms with Gasteiger partial charge >= 0.3 is 6.03 Å². The molecule has 3 atom stereocenters. The molecule has 3 aliphatic rings. The summed E-state index contributed by atoms with van der Waals surface area (Å²) >= 11 is 0. The van der Waals surface area contributed by atoms with Crippen molar-refractivity contribution >= 4 is 17.8 Å². The molecule has 1 aromatic rings. The zero-order valence-corrected chi connectivity index (χ0v) is 16.0. The van der Waals surface area contributed by atoms with Crippen LogP contribution < -0.4 is 16.0 Å². The topological polar surface area (TPSA) is 90.5 Å². The van der Waals surface area contributed by atoms with Crippen molar-refractivity contribution in [3.63, 3.8) is 0 Å². The number of nitrogens with zero attached hydrogens (tertiary/aromatic N) is 1. The third-order valence-corrected chi connectivity index (χ3v) is 6.10. The van der Waals surface area contributed by atoms with Gasteiger partial charge in [-0.25, -0.2) is 4.79 Å². The van der Waals surface area contributed by atoms with E-state index in [4.69, 9.17) is 0 Å². The highest BCUT2D eigenvalue weighted by Gasteiger charge is 2.48. The van der Waals surface area contributed by atoms with Crippen LogP contribution in [-0.2, 0) is 16.0 Å². The summed E-state index contributed by atoms with van der Waals surface area (Å²) in [5, 5.41) is 8.83. The van der Waals surface area contributed by atoms with Gasteiger partial charge in [-0.1, -0.05) is 49.6 Å². The molecule has 7 heteroatoms. The van der Waals surface area contributed by atoms with E-state index in [1.165, 1.54) is 6.42 Å². The smallest absolute Gasteiger partial charge is 0.315 e. The van der Waals surface area contributed by atoms with Gasteiger partial charge in [-0.15, -0.1) is 0 Å². The van der Waals surface area contributed by atoms with Crippen LogP contribution in [0.1, 0.15) is 44.1 Å². The first-order chi connectivity index (χ1) is 13.6. The summed E-state index contributed by atoms with van der Waals surface area (Å²) in [7, 11) is 0. The van der Waals surface area contributed by atoms with Gasteiger partial charge in [0.15, 0.2) is 0 Å². The van der Waals surface area contributed by atoms with E-state index in [0.29, 0.717) is 19.4 Å². The van der Waals surface area contributed by atoms with E-state index in [2.05, 4.69) is 16.0 Å². The van der Waals surface area contributed by atoms with Gasteiger partial charge in [0.05, 0.1) is 6.04 Å². The van der Waals surface area contributed by atoms with Crippen LogP contribution >= 0.6 is 0 Å². The first-order valence-electron chi connectivity index (χ1n) is 10.3. The molecule has 7 nitrogen and oxygen atoms in total. The molecule has 3 fully saturated rings. The molecular weight excluding hydrogens is 356 g/mol. The minimum absolute atomic E-state index is 0.0644. The fourth-order valence-corrected chi connectivity index (χ4v) is 4.66. The molecule has 1 aromatic carbocycles. The second-order valence-electron chi connectivity index (χ2n) is 8.08. The van der Waals surface area contributed by atoms with Crippen molar-refractivity contribution in [2.45, 2.75) is 69.1 Å². The number of hydrogen-bond acceptors (Lipinski definition) is 3. The predicted octanol–water partition coefficient (Wildman–Crippen LogP) is 1.33. The number of rotatable bonds is 4. The monoisotopic (exact) mass is 384 g/mol. The standard InChI is InChI=1S/C21H28N4O3/c26-19-18-16(24-21(28)22-15-9-5-2-6-10-15)11-12-25(18)20(27)17(23-19)13-14-7-3-1-4-8-14/h1,3-4,7-8,15-18H,2,5-6,9-13H2,(H,23,26)(H2,22,24,28)/t16-,17+,18-/m0/s1. The van der Waals surface area contributed by atoms with Crippen molar-refractivity contribution in [1.82, 2.24) is 20.9 Å². The summed E-state index contributed by atoms with van der Waals surface area (Å²) in [5.74, 6) is -0.244. The van der Waals surface area contributed by atoms with Crippen LogP contribution in [0.4, 0.5) is 4.79 Å². The predicted molar refractivity (Wildman–Crippen MR) is 105 cm³/mol. The van der Waals surface area contributed by atoms with E-state index in [-0.39, 0.29) is 29.9 Å². The van der Waals surface area contributed by atoms with Crippen LogP contribution in [0, 0.1) is 0 Å². The summed E-state index contributed by atoms with van der Waals surface area (Å²) < 4.78 is 0. The molecular formula is C21H28N4O3. The van der Waals surface area contributed by atoms with Crippen molar-refractivity contribution in [3.05, 3.63) is 35.9 Å². The van der Waals surface area contributed by atoms with E-state index in [1.54, 1.807) is 4.90 Å². The molecule has 4 amide bonds. The molecule has 28 heavy (non-hydrogen) atoms. The Kier molecular flexibility index (Phi) is 5.50. The Morgan fingerprint density at radius 3 is 2.54 bits per heavy atom. The lowest BCUT2D eigenvalue weighted by Gasteiger charge is -2.36. The van der Waals surface area contributed by atoms with E-state index in [0.717, 1.165) is 31.2 Å². The molecule has 1 aliphatic carbocycles. The highest BCUT2D eigenvalue weighted by atomic mass is 16.2. The van der Waals surface area contributed by atoms with Crippen LogP contribution in [0.5, 0.6) is 0 Å². The molecule has 0 spiro atoms. The average molecular weight is 384 g/mol. The van der Waals surface area contributed by atoms with Gasteiger partial charge in [0.2, 0.25) is 11.8 Å². The molecule has 1 saturated carbocycles. The maximum Gasteiger partial charge on any atom is 0.315 e. The van der Waals surface area contributed by atoms with Gasteiger partial charge in [-0.3, -0.25) is 9.59 Å². The number of carbonyl (C=O) groups excluding carboxylic acids is 3. The normalized spacial score (nSPS) is 27.9. The van der Waals surface area contributed by atoms with Crippen molar-refractivity contribution in [2.24, 2.45) is 0 Å². The number of benzene rings is 1. The quantitative estimate of drug-likeness (QED) is 0.731. The molecule has 0 aromatic heterocycles. The highest BCUT2D eigenvalue weighted by Crippen LogP contribution is 2.24. The first kappa shape index (κ1) is 18.8. The number of urea groups is 1. The van der Waals surface area contributed by atoms with Gasteiger partial charge in [-0.2, -0.15) is 0 Å². The van der Waals surface area contributed by atoms with Crippen molar-refractivity contribution < 1.29 is 14.4 Å². The number of hydrogen-bond donors (Lipinski definition) is 3. The number of carbonyl (C=O) groups is 3. The molecule has 0 radical (unpaired) electrons.